The molecule has 0 N–H and O–H groups in total. The van der Waals surface area contributed by atoms with Gasteiger partial charge in [0.25, 0.3) is 0 Å². The Hall–Kier alpha value is -2.48. The van der Waals surface area contributed by atoms with Crippen molar-refractivity contribution in [3.05, 3.63) is 72.6 Å². The third-order valence-corrected chi connectivity index (χ3v) is 4.96. The highest BCUT2D eigenvalue weighted by molar-refractivity contribution is 5.70. The maximum absolute atomic E-state index is 4.55. The van der Waals surface area contributed by atoms with Crippen molar-refractivity contribution in [2.75, 3.05) is 0 Å². The summed E-state index contributed by atoms with van der Waals surface area (Å²) in [5.74, 6) is 1.14. The highest BCUT2D eigenvalue weighted by Gasteiger charge is 2.17. The molecule has 122 valence electrons. The molecule has 3 aromatic rings. The van der Waals surface area contributed by atoms with E-state index < -0.39 is 0 Å². The van der Waals surface area contributed by atoms with E-state index in [4.69, 9.17) is 0 Å². The van der Waals surface area contributed by atoms with Crippen LogP contribution in [0.1, 0.15) is 38.7 Å². The highest BCUT2D eigenvalue weighted by Crippen LogP contribution is 2.34. The molecule has 0 aliphatic rings. The molecule has 0 spiro atoms. The Kier molecular flexibility index (Phi) is 5.05. The molecule has 3 rings (SSSR count). The second-order valence-electron chi connectivity index (χ2n) is 6.42. The van der Waals surface area contributed by atoms with Crippen LogP contribution in [0.15, 0.2) is 67.0 Å². The van der Waals surface area contributed by atoms with Gasteiger partial charge >= 0.3 is 0 Å². The Balaban J connectivity index is 2.04. The van der Waals surface area contributed by atoms with E-state index >= 15 is 0 Å². The molecule has 2 aromatic carbocycles. The topological polar surface area (TPSA) is 25.8 Å². The van der Waals surface area contributed by atoms with Gasteiger partial charge in [-0.3, -0.25) is 0 Å². The lowest BCUT2D eigenvalue weighted by atomic mass is 9.84. The lowest BCUT2D eigenvalue weighted by Gasteiger charge is -2.21. The van der Waals surface area contributed by atoms with Gasteiger partial charge in [-0.25, -0.2) is 9.97 Å². The van der Waals surface area contributed by atoms with Gasteiger partial charge in [-0.2, -0.15) is 0 Å². The summed E-state index contributed by atoms with van der Waals surface area (Å²) in [6.07, 6.45) is 2.84. The smallest absolute Gasteiger partial charge is 0.116 e. The molecule has 0 saturated heterocycles. The molecule has 0 saturated carbocycles. The zero-order valence-corrected chi connectivity index (χ0v) is 14.6. The van der Waals surface area contributed by atoms with Crippen LogP contribution in [0.25, 0.3) is 22.5 Å². The summed E-state index contributed by atoms with van der Waals surface area (Å²) < 4.78 is 0. The van der Waals surface area contributed by atoms with Crippen LogP contribution in [-0.2, 0) is 0 Å². The molecule has 2 atom stereocenters. The van der Waals surface area contributed by atoms with Crippen molar-refractivity contribution in [3.63, 3.8) is 0 Å². The Labute approximate surface area is 144 Å². The Morgan fingerprint density at radius 3 is 2.25 bits per heavy atom. The zero-order chi connectivity index (χ0) is 16.9. The lowest BCUT2D eigenvalue weighted by Crippen LogP contribution is -2.07. The van der Waals surface area contributed by atoms with Gasteiger partial charge in [-0.15, -0.1) is 0 Å². The first kappa shape index (κ1) is 16.4. The Morgan fingerprint density at radius 2 is 1.50 bits per heavy atom. The summed E-state index contributed by atoms with van der Waals surface area (Å²) in [6, 6.07) is 21.0. The van der Waals surface area contributed by atoms with Crippen molar-refractivity contribution in [1.82, 2.24) is 9.97 Å². The van der Waals surface area contributed by atoms with Crippen molar-refractivity contribution >= 4 is 0 Å². The molecule has 1 aromatic heterocycles. The predicted molar refractivity (Wildman–Crippen MR) is 101 cm³/mol. The predicted octanol–water partition coefficient (Wildman–Crippen LogP) is 5.96. The fourth-order valence-electron chi connectivity index (χ4n) is 3.06. The van der Waals surface area contributed by atoms with Gasteiger partial charge < -0.3 is 0 Å². The number of aromatic nitrogens is 2. The number of nitrogens with zero attached hydrogens (tertiary/aromatic N) is 2. The van der Waals surface area contributed by atoms with Crippen molar-refractivity contribution < 1.29 is 0 Å². The van der Waals surface area contributed by atoms with Crippen LogP contribution in [-0.4, -0.2) is 9.97 Å². The van der Waals surface area contributed by atoms with Gasteiger partial charge in [0.05, 0.1) is 11.4 Å². The molecule has 0 bridgehead atoms. The summed E-state index contributed by atoms with van der Waals surface area (Å²) in [5, 5.41) is 0. The largest absolute Gasteiger partial charge is 0.236 e. The van der Waals surface area contributed by atoms with E-state index in [-0.39, 0.29) is 0 Å². The summed E-state index contributed by atoms with van der Waals surface area (Å²) >= 11 is 0. The molecule has 1 heterocycles. The van der Waals surface area contributed by atoms with Gasteiger partial charge in [0.2, 0.25) is 0 Å². The van der Waals surface area contributed by atoms with Gasteiger partial charge in [0, 0.05) is 11.1 Å². The molecule has 2 heteroatoms. The minimum atomic E-state index is 0.501. The number of hydrogen-bond acceptors (Lipinski definition) is 2. The maximum Gasteiger partial charge on any atom is 0.116 e. The van der Waals surface area contributed by atoms with Crippen LogP contribution in [0.5, 0.6) is 0 Å². The second-order valence-corrected chi connectivity index (χ2v) is 6.42. The normalized spacial score (nSPS) is 13.5. The van der Waals surface area contributed by atoms with E-state index in [0.717, 1.165) is 17.0 Å². The van der Waals surface area contributed by atoms with Crippen LogP contribution >= 0.6 is 0 Å². The minimum Gasteiger partial charge on any atom is -0.236 e. The molecular weight excluding hydrogens is 292 g/mol. The van der Waals surface area contributed by atoms with Gasteiger partial charge in [0.15, 0.2) is 0 Å². The van der Waals surface area contributed by atoms with Crippen LogP contribution in [0.2, 0.25) is 0 Å². The van der Waals surface area contributed by atoms with Gasteiger partial charge in [-0.05, 0) is 23.5 Å². The number of rotatable bonds is 5. The van der Waals surface area contributed by atoms with Crippen molar-refractivity contribution in [1.29, 1.82) is 0 Å². The van der Waals surface area contributed by atoms with E-state index in [9.17, 15) is 0 Å². The fourth-order valence-corrected chi connectivity index (χ4v) is 3.06. The van der Waals surface area contributed by atoms with Crippen molar-refractivity contribution in [2.45, 2.75) is 33.1 Å². The average Bonchev–Trinajstić information content (AvgIpc) is 2.67. The molecule has 0 radical (unpaired) electrons. The third-order valence-electron chi connectivity index (χ3n) is 4.96. The fraction of sp³-hybridized carbons (Fsp3) is 0.273. The minimum absolute atomic E-state index is 0.501. The Morgan fingerprint density at radius 1 is 0.833 bits per heavy atom. The Bertz CT molecular complexity index is 796. The number of benzene rings is 2. The summed E-state index contributed by atoms with van der Waals surface area (Å²) in [6.45, 7) is 6.88. The quantitative estimate of drug-likeness (QED) is 0.580. The van der Waals surface area contributed by atoms with Crippen molar-refractivity contribution in [2.24, 2.45) is 5.92 Å². The molecule has 0 aliphatic heterocycles. The summed E-state index contributed by atoms with van der Waals surface area (Å²) in [7, 11) is 0. The maximum atomic E-state index is 4.55. The first-order valence-corrected chi connectivity index (χ1v) is 8.67. The van der Waals surface area contributed by atoms with E-state index in [1.165, 1.54) is 17.5 Å². The van der Waals surface area contributed by atoms with E-state index in [1.807, 2.05) is 18.2 Å². The van der Waals surface area contributed by atoms with Crippen molar-refractivity contribution in [3.8, 4) is 22.5 Å². The van der Waals surface area contributed by atoms with Gasteiger partial charge in [0.1, 0.15) is 6.33 Å². The molecule has 0 amide bonds. The van der Waals surface area contributed by atoms with Gasteiger partial charge in [-0.1, -0.05) is 81.8 Å². The monoisotopic (exact) mass is 316 g/mol. The van der Waals surface area contributed by atoms with Crippen LogP contribution < -0.4 is 0 Å². The van der Waals surface area contributed by atoms with Crippen LogP contribution in [0.3, 0.4) is 0 Å². The molecule has 0 fully saturated rings. The second kappa shape index (κ2) is 7.39. The molecule has 24 heavy (non-hydrogen) atoms. The standard InChI is InChI=1S/C22H24N2/c1-4-16(2)17(3)19-12-8-9-13-20(19)22-14-21(23-15-24-22)18-10-6-5-7-11-18/h5-17H,4H2,1-3H3/t16-,17?/m0/s1. The first-order valence-electron chi connectivity index (χ1n) is 8.67. The summed E-state index contributed by atoms with van der Waals surface area (Å²) in [5.41, 5.74) is 5.66. The molecular formula is C22H24N2. The molecule has 0 aliphatic carbocycles. The van der Waals surface area contributed by atoms with E-state index in [2.05, 4.69) is 73.2 Å². The third kappa shape index (κ3) is 3.38. The molecule has 1 unspecified atom stereocenters. The van der Waals surface area contributed by atoms with E-state index in [1.54, 1.807) is 6.33 Å². The molecule has 2 nitrogen and oxygen atoms in total. The van der Waals surface area contributed by atoms with Crippen LogP contribution in [0.4, 0.5) is 0 Å². The van der Waals surface area contributed by atoms with Crippen LogP contribution in [0, 0.1) is 5.92 Å². The average molecular weight is 316 g/mol. The first-order chi connectivity index (χ1) is 11.7. The SMILES string of the molecule is CC[C@H](C)C(C)c1ccccc1-c1cc(-c2ccccc2)ncn1. The van der Waals surface area contributed by atoms with E-state index in [0.29, 0.717) is 11.8 Å². The highest BCUT2D eigenvalue weighted by atomic mass is 14.8. The summed E-state index contributed by atoms with van der Waals surface area (Å²) in [4.78, 5) is 9.00. The lowest BCUT2D eigenvalue weighted by molar-refractivity contribution is 0.474. The zero-order valence-electron chi connectivity index (χ0n) is 14.6. The number of hydrogen-bond donors (Lipinski definition) is 0.